The van der Waals surface area contributed by atoms with Gasteiger partial charge in [0.15, 0.2) is 6.61 Å². The molecule has 4 N–H and O–H groups in total. The van der Waals surface area contributed by atoms with Crippen molar-refractivity contribution in [3.05, 3.63) is 29.8 Å². The molecule has 0 bridgehead atoms. The van der Waals surface area contributed by atoms with E-state index in [2.05, 4.69) is 5.32 Å². The van der Waals surface area contributed by atoms with Crippen LogP contribution in [0.1, 0.15) is 30.1 Å². The number of nitrogens with one attached hydrogen (secondary N) is 1. The number of carbonyl (C=O) groups is 2. The van der Waals surface area contributed by atoms with Crippen LogP contribution in [0.15, 0.2) is 24.3 Å². The predicted octanol–water partition coefficient (Wildman–Crippen LogP) is 0.689. The number of ether oxygens (including phenoxy) is 1. The Kier molecular flexibility index (Phi) is 7.25. The van der Waals surface area contributed by atoms with Gasteiger partial charge in [-0.05, 0) is 43.0 Å². The Labute approximate surface area is 124 Å². The second kappa shape index (κ2) is 8.97. The first-order chi connectivity index (χ1) is 10.0. The molecule has 0 aliphatic heterocycles. The molecular weight excluding hydrogens is 272 g/mol. The van der Waals surface area contributed by atoms with Crippen LogP contribution in [-0.4, -0.2) is 36.7 Å². The zero-order valence-electron chi connectivity index (χ0n) is 12.2. The highest BCUT2D eigenvalue weighted by Crippen LogP contribution is 2.12. The molecule has 1 aromatic rings. The Balaban J connectivity index is 2.35. The Morgan fingerprint density at radius 3 is 2.57 bits per heavy atom. The minimum atomic E-state index is -0.547. The molecule has 2 amide bonds. The monoisotopic (exact) mass is 294 g/mol. The third-order valence-corrected chi connectivity index (χ3v) is 2.97. The van der Waals surface area contributed by atoms with Crippen molar-refractivity contribution in [3.8, 4) is 5.75 Å². The highest BCUT2D eigenvalue weighted by molar-refractivity contribution is 5.94. The number of aliphatic hydroxyl groups excluding tert-OH is 1. The molecule has 1 rings (SSSR count). The van der Waals surface area contributed by atoms with Gasteiger partial charge in [0.25, 0.3) is 11.8 Å². The first-order valence-electron chi connectivity index (χ1n) is 6.93. The summed E-state index contributed by atoms with van der Waals surface area (Å²) in [7, 11) is 0. The lowest BCUT2D eigenvalue weighted by atomic mass is 10.1. The number of aliphatic hydroxyl groups is 1. The van der Waals surface area contributed by atoms with Gasteiger partial charge in [-0.2, -0.15) is 0 Å². The number of amides is 2. The fourth-order valence-electron chi connectivity index (χ4n) is 1.70. The molecule has 0 aliphatic carbocycles. The summed E-state index contributed by atoms with van der Waals surface area (Å²) in [6.07, 6.45) is 1.70. The van der Waals surface area contributed by atoms with Gasteiger partial charge in [0.2, 0.25) is 0 Å². The summed E-state index contributed by atoms with van der Waals surface area (Å²) in [5.74, 6) is 0.0349. The number of rotatable bonds is 9. The van der Waals surface area contributed by atoms with Crippen LogP contribution < -0.4 is 15.8 Å². The van der Waals surface area contributed by atoms with Crippen LogP contribution in [0.25, 0.3) is 0 Å². The van der Waals surface area contributed by atoms with Gasteiger partial charge in [0, 0.05) is 18.7 Å². The fraction of sp³-hybridized carbons (Fsp3) is 0.467. The van der Waals surface area contributed by atoms with E-state index in [0.29, 0.717) is 17.9 Å². The molecule has 6 heteroatoms. The van der Waals surface area contributed by atoms with Gasteiger partial charge in [-0.25, -0.2) is 0 Å². The third kappa shape index (κ3) is 6.76. The Morgan fingerprint density at radius 1 is 1.33 bits per heavy atom. The highest BCUT2D eigenvalue weighted by Gasteiger charge is 2.06. The van der Waals surface area contributed by atoms with E-state index in [1.807, 2.05) is 6.92 Å². The molecule has 1 aromatic carbocycles. The van der Waals surface area contributed by atoms with Crippen molar-refractivity contribution in [2.75, 3.05) is 19.8 Å². The van der Waals surface area contributed by atoms with Crippen LogP contribution in [-0.2, 0) is 4.79 Å². The van der Waals surface area contributed by atoms with Gasteiger partial charge in [0.1, 0.15) is 5.75 Å². The topological polar surface area (TPSA) is 102 Å². The van der Waals surface area contributed by atoms with Crippen molar-refractivity contribution >= 4 is 11.8 Å². The first kappa shape index (κ1) is 17.0. The lowest BCUT2D eigenvalue weighted by molar-refractivity contribution is -0.119. The average Bonchev–Trinajstić information content (AvgIpc) is 2.49. The minimum absolute atomic E-state index is 0.159. The second-order valence-electron chi connectivity index (χ2n) is 4.97. The van der Waals surface area contributed by atoms with Crippen LogP contribution in [0.5, 0.6) is 5.75 Å². The van der Waals surface area contributed by atoms with Crippen molar-refractivity contribution in [1.29, 1.82) is 0 Å². The molecule has 0 saturated carbocycles. The van der Waals surface area contributed by atoms with E-state index in [0.717, 1.165) is 12.8 Å². The van der Waals surface area contributed by atoms with E-state index >= 15 is 0 Å². The SMILES string of the molecule is CC(CO)CCCNC(=O)c1ccc(OCC(N)=O)cc1. The van der Waals surface area contributed by atoms with Gasteiger partial charge < -0.3 is 20.9 Å². The molecule has 0 aromatic heterocycles. The maximum absolute atomic E-state index is 11.9. The largest absolute Gasteiger partial charge is 0.484 e. The van der Waals surface area contributed by atoms with E-state index in [-0.39, 0.29) is 25.0 Å². The van der Waals surface area contributed by atoms with Crippen molar-refractivity contribution in [1.82, 2.24) is 5.32 Å². The minimum Gasteiger partial charge on any atom is -0.484 e. The summed E-state index contributed by atoms with van der Waals surface area (Å²) in [5, 5.41) is 11.7. The molecule has 0 fully saturated rings. The number of carbonyl (C=O) groups excluding carboxylic acids is 2. The number of hydrogen-bond acceptors (Lipinski definition) is 4. The van der Waals surface area contributed by atoms with Gasteiger partial charge in [-0.1, -0.05) is 6.92 Å². The molecule has 116 valence electrons. The zero-order chi connectivity index (χ0) is 15.7. The summed E-state index contributed by atoms with van der Waals surface area (Å²) in [5.41, 5.74) is 5.50. The van der Waals surface area contributed by atoms with Crippen molar-refractivity contribution in [2.45, 2.75) is 19.8 Å². The predicted molar refractivity (Wildman–Crippen MR) is 78.9 cm³/mol. The molecule has 21 heavy (non-hydrogen) atoms. The van der Waals surface area contributed by atoms with Crippen LogP contribution in [0, 0.1) is 5.92 Å². The molecule has 0 heterocycles. The smallest absolute Gasteiger partial charge is 0.255 e. The van der Waals surface area contributed by atoms with Crippen LogP contribution >= 0.6 is 0 Å². The lowest BCUT2D eigenvalue weighted by Crippen LogP contribution is -2.25. The molecule has 0 radical (unpaired) electrons. The van der Waals surface area contributed by atoms with E-state index in [4.69, 9.17) is 15.6 Å². The quantitative estimate of drug-likeness (QED) is 0.583. The summed E-state index contributed by atoms with van der Waals surface area (Å²) in [6, 6.07) is 6.49. The van der Waals surface area contributed by atoms with Crippen molar-refractivity contribution < 1.29 is 19.4 Å². The Morgan fingerprint density at radius 2 is 2.00 bits per heavy atom. The Bertz CT molecular complexity index is 459. The number of benzene rings is 1. The molecular formula is C15H22N2O4. The van der Waals surface area contributed by atoms with Gasteiger partial charge in [-0.3, -0.25) is 9.59 Å². The molecule has 0 aliphatic rings. The molecule has 6 nitrogen and oxygen atoms in total. The standard InChI is InChI=1S/C15H22N2O4/c1-11(9-18)3-2-8-17-15(20)12-4-6-13(7-5-12)21-10-14(16)19/h4-7,11,18H,2-3,8-10H2,1H3,(H2,16,19)(H,17,20). The van der Waals surface area contributed by atoms with Crippen molar-refractivity contribution in [2.24, 2.45) is 11.7 Å². The third-order valence-electron chi connectivity index (χ3n) is 2.97. The summed E-state index contributed by atoms with van der Waals surface area (Å²) in [6.45, 7) is 2.52. The maximum atomic E-state index is 11.9. The average molecular weight is 294 g/mol. The zero-order valence-corrected chi connectivity index (χ0v) is 12.2. The van der Waals surface area contributed by atoms with Gasteiger partial charge in [-0.15, -0.1) is 0 Å². The lowest BCUT2D eigenvalue weighted by Gasteiger charge is -2.09. The molecule has 0 saturated heterocycles. The number of primary amides is 1. The van der Waals surface area contributed by atoms with E-state index < -0.39 is 5.91 Å². The van der Waals surface area contributed by atoms with Crippen LogP contribution in [0.3, 0.4) is 0 Å². The summed E-state index contributed by atoms with van der Waals surface area (Å²) < 4.78 is 5.11. The normalized spacial score (nSPS) is 11.7. The summed E-state index contributed by atoms with van der Waals surface area (Å²) in [4.78, 5) is 22.4. The Hall–Kier alpha value is -2.08. The number of nitrogens with two attached hydrogens (primary N) is 1. The first-order valence-corrected chi connectivity index (χ1v) is 6.93. The van der Waals surface area contributed by atoms with Crippen molar-refractivity contribution in [3.63, 3.8) is 0 Å². The van der Waals surface area contributed by atoms with Gasteiger partial charge >= 0.3 is 0 Å². The van der Waals surface area contributed by atoms with Crippen LogP contribution in [0.4, 0.5) is 0 Å². The molecule has 1 atom stereocenters. The van der Waals surface area contributed by atoms with Gasteiger partial charge in [0.05, 0.1) is 0 Å². The van der Waals surface area contributed by atoms with E-state index in [1.165, 1.54) is 0 Å². The maximum Gasteiger partial charge on any atom is 0.255 e. The van der Waals surface area contributed by atoms with E-state index in [9.17, 15) is 9.59 Å². The molecule has 1 unspecified atom stereocenters. The second-order valence-corrected chi connectivity index (χ2v) is 4.97. The molecule has 0 spiro atoms. The van der Waals surface area contributed by atoms with E-state index in [1.54, 1.807) is 24.3 Å². The highest BCUT2D eigenvalue weighted by atomic mass is 16.5. The summed E-state index contributed by atoms with van der Waals surface area (Å²) >= 11 is 0. The number of hydrogen-bond donors (Lipinski definition) is 3. The van der Waals surface area contributed by atoms with Crippen LogP contribution in [0.2, 0.25) is 0 Å². The fourth-order valence-corrected chi connectivity index (χ4v) is 1.70.